The summed E-state index contributed by atoms with van der Waals surface area (Å²) in [6.07, 6.45) is -3.93. The van der Waals surface area contributed by atoms with E-state index in [2.05, 4.69) is 10.3 Å². The van der Waals surface area contributed by atoms with Gasteiger partial charge in [0.1, 0.15) is 17.2 Å². The SMILES string of the molecule is Cc1nc(C(F)(F)F)ccc1S(=O)(=O)N1CC2CC(NC(=O)OCc3ccccc3)CC2C1. The van der Waals surface area contributed by atoms with Gasteiger partial charge in [-0.15, -0.1) is 0 Å². The molecule has 1 aromatic carbocycles. The number of fused-ring (bicyclic) bond motifs is 1. The molecule has 0 bridgehead atoms. The van der Waals surface area contributed by atoms with Crippen molar-refractivity contribution in [3.63, 3.8) is 0 Å². The Hall–Kier alpha value is -2.66. The number of aryl methyl sites for hydroxylation is 1. The first-order valence-corrected chi connectivity index (χ1v) is 12.0. The van der Waals surface area contributed by atoms with Crippen LogP contribution >= 0.6 is 0 Å². The number of carbonyl (C=O) groups is 1. The first kappa shape index (κ1) is 23.5. The number of sulfonamides is 1. The molecule has 1 amide bonds. The van der Waals surface area contributed by atoms with Crippen LogP contribution in [0.1, 0.15) is 29.8 Å². The van der Waals surface area contributed by atoms with E-state index in [0.717, 1.165) is 11.6 Å². The summed E-state index contributed by atoms with van der Waals surface area (Å²) in [4.78, 5) is 15.3. The van der Waals surface area contributed by atoms with Crippen LogP contribution in [0.5, 0.6) is 0 Å². The molecule has 2 atom stereocenters. The Morgan fingerprint density at radius 3 is 2.33 bits per heavy atom. The molecule has 1 N–H and O–H groups in total. The van der Waals surface area contributed by atoms with Crippen LogP contribution < -0.4 is 5.32 Å². The quantitative estimate of drug-likeness (QED) is 0.700. The fourth-order valence-electron chi connectivity index (χ4n) is 4.62. The normalized spacial score (nSPS) is 23.3. The van der Waals surface area contributed by atoms with Crippen molar-refractivity contribution in [3.8, 4) is 0 Å². The van der Waals surface area contributed by atoms with Gasteiger partial charge < -0.3 is 10.1 Å². The predicted octanol–water partition coefficient (Wildman–Crippen LogP) is 3.73. The van der Waals surface area contributed by atoms with E-state index in [-0.39, 0.29) is 48.2 Å². The van der Waals surface area contributed by atoms with Crippen LogP contribution in [0.2, 0.25) is 0 Å². The molecule has 1 aromatic heterocycles. The molecule has 2 fully saturated rings. The summed E-state index contributed by atoms with van der Waals surface area (Å²) in [6.45, 7) is 1.94. The molecule has 2 aromatic rings. The van der Waals surface area contributed by atoms with Gasteiger partial charge in [-0.2, -0.15) is 17.5 Å². The standard InChI is InChI=1S/C22H24F3N3O4S/c1-14-19(7-8-20(26-14)22(23,24)25)33(30,31)28-11-16-9-18(10-17(16)12-28)27-21(29)32-13-15-5-3-2-4-6-15/h2-8,16-18H,9-13H2,1H3,(H,27,29). The summed E-state index contributed by atoms with van der Waals surface area (Å²) in [5.41, 5.74) is -0.419. The number of nitrogens with one attached hydrogen (secondary N) is 1. The number of halogens is 3. The van der Waals surface area contributed by atoms with E-state index in [1.54, 1.807) is 0 Å². The summed E-state index contributed by atoms with van der Waals surface area (Å²) in [7, 11) is -3.96. The van der Waals surface area contributed by atoms with Gasteiger partial charge >= 0.3 is 12.3 Å². The van der Waals surface area contributed by atoms with Crippen molar-refractivity contribution < 1.29 is 31.1 Å². The van der Waals surface area contributed by atoms with Crippen molar-refractivity contribution in [2.75, 3.05) is 13.1 Å². The van der Waals surface area contributed by atoms with Gasteiger partial charge in [-0.25, -0.2) is 18.2 Å². The number of benzene rings is 1. The number of pyridine rings is 1. The molecule has 1 saturated heterocycles. The average molecular weight is 484 g/mol. The molecule has 33 heavy (non-hydrogen) atoms. The number of nitrogens with zero attached hydrogens (tertiary/aromatic N) is 2. The second-order valence-electron chi connectivity index (χ2n) is 8.49. The molecular formula is C22H24F3N3O4S. The first-order valence-electron chi connectivity index (χ1n) is 10.6. The van der Waals surface area contributed by atoms with E-state index in [9.17, 15) is 26.4 Å². The molecule has 2 unspecified atom stereocenters. The van der Waals surface area contributed by atoms with Gasteiger partial charge in [0.15, 0.2) is 0 Å². The van der Waals surface area contributed by atoms with Crippen LogP contribution in [0.3, 0.4) is 0 Å². The minimum Gasteiger partial charge on any atom is -0.445 e. The molecule has 2 heterocycles. The highest BCUT2D eigenvalue weighted by Crippen LogP contribution is 2.40. The fourth-order valence-corrected chi connectivity index (χ4v) is 6.33. The Morgan fingerprint density at radius 2 is 1.76 bits per heavy atom. The van der Waals surface area contributed by atoms with E-state index in [4.69, 9.17) is 4.74 Å². The zero-order valence-electron chi connectivity index (χ0n) is 17.9. The third kappa shape index (κ3) is 5.14. The van der Waals surface area contributed by atoms with E-state index in [1.807, 2.05) is 30.3 Å². The zero-order chi connectivity index (χ0) is 23.8. The largest absolute Gasteiger partial charge is 0.445 e. The Morgan fingerprint density at radius 1 is 1.12 bits per heavy atom. The molecule has 0 spiro atoms. The summed E-state index contributed by atoms with van der Waals surface area (Å²) < 4.78 is 71.2. The number of aromatic nitrogens is 1. The van der Waals surface area contributed by atoms with Crippen molar-refractivity contribution in [2.24, 2.45) is 11.8 Å². The van der Waals surface area contributed by atoms with Gasteiger partial charge in [0, 0.05) is 19.1 Å². The number of alkyl halides is 3. The Bertz CT molecular complexity index is 1110. The van der Waals surface area contributed by atoms with Crippen molar-refractivity contribution in [1.82, 2.24) is 14.6 Å². The van der Waals surface area contributed by atoms with Crippen molar-refractivity contribution >= 4 is 16.1 Å². The number of ether oxygens (including phenoxy) is 1. The highest BCUT2D eigenvalue weighted by molar-refractivity contribution is 7.89. The zero-order valence-corrected chi connectivity index (χ0v) is 18.7. The maximum atomic E-state index is 13.0. The van der Waals surface area contributed by atoms with Gasteiger partial charge in [-0.05, 0) is 49.3 Å². The lowest BCUT2D eigenvalue weighted by Crippen LogP contribution is -2.36. The van der Waals surface area contributed by atoms with Crippen LogP contribution in [-0.4, -0.2) is 42.9 Å². The van der Waals surface area contributed by atoms with Crippen molar-refractivity contribution in [3.05, 3.63) is 59.4 Å². The number of hydrogen-bond donors (Lipinski definition) is 1. The molecular weight excluding hydrogens is 459 g/mol. The molecule has 0 radical (unpaired) electrons. The first-order chi connectivity index (χ1) is 15.5. The highest BCUT2D eigenvalue weighted by Gasteiger charge is 2.46. The van der Waals surface area contributed by atoms with Gasteiger partial charge in [0.25, 0.3) is 0 Å². The van der Waals surface area contributed by atoms with Crippen molar-refractivity contribution in [2.45, 2.75) is 43.5 Å². The third-order valence-corrected chi connectivity index (χ3v) is 8.16. The fraction of sp³-hybridized carbons (Fsp3) is 0.455. The van der Waals surface area contributed by atoms with Crippen LogP contribution in [-0.2, 0) is 27.5 Å². The Labute approximate surface area is 190 Å². The maximum absolute atomic E-state index is 13.0. The summed E-state index contributed by atoms with van der Waals surface area (Å²) in [6, 6.07) is 10.9. The van der Waals surface area contributed by atoms with Gasteiger partial charge in [0.2, 0.25) is 10.0 Å². The predicted molar refractivity (Wildman–Crippen MR) is 112 cm³/mol. The van der Waals surface area contributed by atoms with Crippen LogP contribution in [0, 0.1) is 18.8 Å². The molecule has 1 aliphatic carbocycles. The van der Waals surface area contributed by atoms with Crippen molar-refractivity contribution in [1.29, 1.82) is 0 Å². The number of rotatable bonds is 5. The molecule has 1 aliphatic heterocycles. The molecule has 4 rings (SSSR count). The second kappa shape index (κ2) is 8.94. The summed E-state index contributed by atoms with van der Waals surface area (Å²) >= 11 is 0. The number of amides is 1. The lowest BCUT2D eigenvalue weighted by Gasteiger charge is -2.20. The number of alkyl carbamates (subject to hydrolysis) is 1. The Kier molecular flexibility index (Phi) is 6.37. The van der Waals surface area contributed by atoms with E-state index < -0.39 is 28.0 Å². The summed E-state index contributed by atoms with van der Waals surface area (Å²) in [5, 5.41) is 2.85. The van der Waals surface area contributed by atoms with Gasteiger partial charge in [0.05, 0.1) is 5.69 Å². The smallest absolute Gasteiger partial charge is 0.433 e. The van der Waals surface area contributed by atoms with E-state index in [0.29, 0.717) is 18.9 Å². The van der Waals surface area contributed by atoms with E-state index in [1.165, 1.54) is 11.2 Å². The molecule has 1 saturated carbocycles. The average Bonchev–Trinajstić information content (AvgIpc) is 3.31. The van der Waals surface area contributed by atoms with Crippen LogP contribution in [0.15, 0.2) is 47.4 Å². The van der Waals surface area contributed by atoms with Crippen LogP contribution in [0.4, 0.5) is 18.0 Å². The van der Waals surface area contributed by atoms with E-state index >= 15 is 0 Å². The Balaban J connectivity index is 1.33. The molecule has 11 heteroatoms. The van der Waals surface area contributed by atoms with Gasteiger partial charge in [-0.3, -0.25) is 0 Å². The number of carbonyl (C=O) groups excluding carboxylic acids is 1. The lowest BCUT2D eigenvalue weighted by atomic mass is 10.0. The third-order valence-electron chi connectivity index (χ3n) is 6.20. The number of hydrogen-bond acceptors (Lipinski definition) is 5. The molecule has 7 nitrogen and oxygen atoms in total. The second-order valence-corrected chi connectivity index (χ2v) is 10.4. The molecule has 2 aliphatic rings. The van der Waals surface area contributed by atoms with Gasteiger partial charge in [-0.1, -0.05) is 30.3 Å². The molecule has 178 valence electrons. The minimum absolute atomic E-state index is 0.0573. The monoisotopic (exact) mass is 483 g/mol. The highest BCUT2D eigenvalue weighted by atomic mass is 32.2. The lowest BCUT2D eigenvalue weighted by molar-refractivity contribution is -0.141. The van der Waals surface area contributed by atoms with Crippen LogP contribution in [0.25, 0.3) is 0 Å². The summed E-state index contributed by atoms with van der Waals surface area (Å²) in [5.74, 6) is 0.115. The minimum atomic E-state index is -4.64. The topological polar surface area (TPSA) is 88.6 Å². The maximum Gasteiger partial charge on any atom is 0.433 e.